The Morgan fingerprint density at radius 1 is 1.50 bits per heavy atom. The molecule has 1 aromatic rings. The molecular weight excluding hydrogens is 152 g/mol. The van der Waals surface area contributed by atoms with E-state index in [1.165, 1.54) is 0 Å². The van der Waals surface area contributed by atoms with E-state index in [0.29, 0.717) is 0 Å². The Hall–Kier alpha value is -1.55. The van der Waals surface area contributed by atoms with Gasteiger partial charge in [-0.05, 0) is 19.1 Å². The molecule has 0 aromatic carbocycles. The third-order valence-electron chi connectivity index (χ3n) is 1.57. The van der Waals surface area contributed by atoms with Crippen LogP contribution in [0.1, 0.15) is 6.92 Å². The molecule has 4 heteroatoms. The average molecular weight is 161 g/mol. The smallest absolute Gasteiger partial charge is 0.0773 e. The minimum atomic E-state index is 0.957. The summed E-state index contributed by atoms with van der Waals surface area (Å²) in [7, 11) is 0. The Balaban J connectivity index is 2.22. The van der Waals surface area contributed by atoms with Crippen molar-refractivity contribution < 1.29 is 0 Å². The summed E-state index contributed by atoms with van der Waals surface area (Å²) in [6.45, 7) is 1.93. The molecule has 2 heterocycles. The van der Waals surface area contributed by atoms with Crippen LogP contribution >= 0.6 is 0 Å². The number of pyridine rings is 1. The van der Waals surface area contributed by atoms with Gasteiger partial charge in [0.2, 0.25) is 0 Å². The topological polar surface area (TPSA) is 42.3 Å². The van der Waals surface area contributed by atoms with Crippen LogP contribution in [0.15, 0.2) is 36.4 Å². The molecule has 1 aliphatic rings. The molecule has 1 aromatic heterocycles. The van der Waals surface area contributed by atoms with Gasteiger partial charge >= 0.3 is 0 Å². The zero-order valence-corrected chi connectivity index (χ0v) is 6.73. The number of nitrogens with zero attached hydrogens (tertiary/aromatic N) is 3. The van der Waals surface area contributed by atoms with Crippen LogP contribution in [0.2, 0.25) is 0 Å². The van der Waals surface area contributed by atoms with Gasteiger partial charge in [0.1, 0.15) is 0 Å². The van der Waals surface area contributed by atoms with Gasteiger partial charge in [0.05, 0.1) is 17.6 Å². The Morgan fingerprint density at radius 3 is 3.00 bits per heavy atom. The van der Waals surface area contributed by atoms with Crippen LogP contribution in [0.25, 0.3) is 0 Å². The van der Waals surface area contributed by atoms with Gasteiger partial charge in [0.15, 0.2) is 0 Å². The van der Waals surface area contributed by atoms with Crippen LogP contribution in [0.3, 0.4) is 0 Å². The Bertz CT molecular complexity index is 293. The maximum Gasteiger partial charge on any atom is 0.0773 e. The first-order valence-corrected chi connectivity index (χ1v) is 3.70. The van der Waals surface area contributed by atoms with Crippen molar-refractivity contribution in [3.63, 3.8) is 0 Å². The van der Waals surface area contributed by atoms with E-state index in [-0.39, 0.29) is 0 Å². The van der Waals surface area contributed by atoms with E-state index < -0.39 is 0 Å². The second-order valence-corrected chi connectivity index (χ2v) is 2.56. The molecule has 61 valence electrons. The van der Waals surface area contributed by atoms with Crippen LogP contribution in [-0.4, -0.2) is 4.98 Å². The number of rotatable bonds is 1. The van der Waals surface area contributed by atoms with E-state index in [1.54, 1.807) is 12.4 Å². The minimum Gasteiger partial charge on any atom is -0.262 e. The van der Waals surface area contributed by atoms with Crippen molar-refractivity contribution >= 4 is 5.69 Å². The van der Waals surface area contributed by atoms with Crippen molar-refractivity contribution in [2.75, 3.05) is 5.01 Å². The molecule has 1 N–H and O–H groups in total. The molecule has 12 heavy (non-hydrogen) atoms. The van der Waals surface area contributed by atoms with Gasteiger partial charge in [-0.2, -0.15) is 5.43 Å². The normalized spacial score (nSPS) is 15.8. The van der Waals surface area contributed by atoms with E-state index in [9.17, 15) is 0 Å². The molecule has 0 atom stereocenters. The Morgan fingerprint density at radius 2 is 2.42 bits per heavy atom. The van der Waals surface area contributed by atoms with Crippen molar-refractivity contribution in [1.82, 2.24) is 15.9 Å². The zero-order chi connectivity index (χ0) is 8.39. The highest BCUT2D eigenvalue weighted by atomic mass is 15.7. The third-order valence-corrected chi connectivity index (χ3v) is 1.57. The first kappa shape index (κ1) is 7.12. The fourth-order valence-corrected chi connectivity index (χ4v) is 1.01. The predicted octanol–water partition coefficient (Wildman–Crippen LogP) is 0.787. The summed E-state index contributed by atoms with van der Waals surface area (Å²) >= 11 is 0. The van der Waals surface area contributed by atoms with Crippen LogP contribution < -0.4 is 16.0 Å². The Kier molecular flexibility index (Phi) is 1.68. The number of aromatic nitrogens is 1. The van der Waals surface area contributed by atoms with Crippen molar-refractivity contribution in [2.24, 2.45) is 0 Å². The van der Waals surface area contributed by atoms with Gasteiger partial charge in [-0.3, -0.25) is 9.99 Å². The number of hydrogen-bond acceptors (Lipinski definition) is 3. The van der Waals surface area contributed by atoms with E-state index in [4.69, 9.17) is 0 Å². The van der Waals surface area contributed by atoms with Crippen LogP contribution in [0.4, 0.5) is 5.69 Å². The first-order valence-electron chi connectivity index (χ1n) is 3.70. The number of anilines is 1. The van der Waals surface area contributed by atoms with Crippen LogP contribution in [0, 0.1) is 0 Å². The Labute approximate surface area is 70.9 Å². The zero-order valence-electron chi connectivity index (χ0n) is 6.73. The lowest BCUT2D eigenvalue weighted by atomic mass is 10.4. The predicted molar refractivity (Wildman–Crippen MR) is 45.7 cm³/mol. The van der Waals surface area contributed by atoms with E-state index in [0.717, 1.165) is 11.4 Å². The summed E-state index contributed by atoms with van der Waals surface area (Å²) in [6.07, 6.45) is 5.43. The van der Waals surface area contributed by atoms with Gasteiger partial charge in [0, 0.05) is 12.4 Å². The van der Waals surface area contributed by atoms with Crippen LogP contribution in [-0.2, 0) is 0 Å². The summed E-state index contributed by atoms with van der Waals surface area (Å²) in [5.74, 6) is 0. The summed E-state index contributed by atoms with van der Waals surface area (Å²) in [5, 5.41) is 1.82. The number of nitrogens with one attached hydrogen (secondary N) is 1. The molecule has 4 nitrogen and oxygen atoms in total. The molecule has 0 bridgehead atoms. The molecule has 1 radical (unpaired) electrons. The fourth-order valence-electron chi connectivity index (χ4n) is 1.01. The van der Waals surface area contributed by atoms with Crippen molar-refractivity contribution in [3.8, 4) is 0 Å². The van der Waals surface area contributed by atoms with Gasteiger partial charge in [0.25, 0.3) is 0 Å². The number of hydrazine groups is 1. The molecule has 0 saturated heterocycles. The van der Waals surface area contributed by atoms with Gasteiger partial charge < -0.3 is 0 Å². The highest BCUT2D eigenvalue weighted by Gasteiger charge is 2.10. The highest BCUT2D eigenvalue weighted by molar-refractivity contribution is 5.46. The summed E-state index contributed by atoms with van der Waals surface area (Å²) in [6, 6.07) is 3.85. The van der Waals surface area contributed by atoms with Gasteiger partial charge in [-0.25, -0.2) is 0 Å². The number of allylic oxidation sites excluding steroid dienone is 1. The molecule has 0 unspecified atom stereocenters. The molecule has 0 saturated carbocycles. The molecule has 1 aliphatic heterocycles. The number of hydrogen-bond donors (Lipinski definition) is 1. The van der Waals surface area contributed by atoms with Crippen molar-refractivity contribution in [3.05, 3.63) is 36.4 Å². The summed E-state index contributed by atoms with van der Waals surface area (Å²) < 4.78 is 0. The molecule has 0 aliphatic carbocycles. The lowest BCUT2D eigenvalue weighted by Gasteiger charge is -2.12. The summed E-state index contributed by atoms with van der Waals surface area (Å²) in [5.41, 5.74) is 8.79. The second kappa shape index (κ2) is 2.83. The first-order chi connectivity index (χ1) is 5.86. The quantitative estimate of drug-likeness (QED) is 0.662. The van der Waals surface area contributed by atoms with Gasteiger partial charge in [-0.15, -0.1) is 5.53 Å². The minimum absolute atomic E-state index is 0.957. The molecule has 0 fully saturated rings. The van der Waals surface area contributed by atoms with E-state index >= 15 is 0 Å². The molecule has 0 amide bonds. The second-order valence-electron chi connectivity index (χ2n) is 2.56. The summed E-state index contributed by atoms with van der Waals surface area (Å²) in [4.78, 5) is 4.00. The van der Waals surface area contributed by atoms with E-state index in [1.807, 2.05) is 30.3 Å². The lowest BCUT2D eigenvalue weighted by molar-refractivity contribution is 0.646. The lowest BCUT2D eigenvalue weighted by Crippen LogP contribution is -2.31. The molecule has 2 rings (SSSR count). The largest absolute Gasteiger partial charge is 0.262 e. The molecular formula is C8H9N4. The molecule has 0 spiro atoms. The standard InChI is InChI=1S/C8H9N4/c1-7-6-12(11-10-7)8-3-2-4-9-5-8/h2-6,11H,1H3. The maximum absolute atomic E-state index is 4.00. The average Bonchev–Trinajstić information content (AvgIpc) is 2.54. The van der Waals surface area contributed by atoms with Crippen LogP contribution in [0.5, 0.6) is 0 Å². The fraction of sp³-hybridized carbons (Fsp3) is 0.125. The SMILES string of the molecule is CC1=CN(c2cccnc2)N[N]1. The highest BCUT2D eigenvalue weighted by Crippen LogP contribution is 2.12. The van der Waals surface area contributed by atoms with Crippen molar-refractivity contribution in [2.45, 2.75) is 6.92 Å². The van der Waals surface area contributed by atoms with Crippen molar-refractivity contribution in [1.29, 1.82) is 0 Å². The maximum atomic E-state index is 4.00. The monoisotopic (exact) mass is 161 g/mol. The van der Waals surface area contributed by atoms with Gasteiger partial charge in [-0.1, -0.05) is 0 Å². The van der Waals surface area contributed by atoms with E-state index in [2.05, 4.69) is 15.9 Å². The third kappa shape index (κ3) is 1.24.